The normalized spacial score (nSPS) is 10.6. The van der Waals surface area contributed by atoms with Crippen molar-refractivity contribution in [3.05, 3.63) is 76.5 Å². The first-order chi connectivity index (χ1) is 13.6. The molecular weight excluding hydrogens is 364 g/mol. The number of para-hydroxylation sites is 1. The third-order valence-electron chi connectivity index (χ3n) is 3.68. The molecule has 2 N–H and O–H groups in total. The van der Waals surface area contributed by atoms with Crippen LogP contribution in [0.4, 0.5) is 16.2 Å². The lowest BCUT2D eigenvalue weighted by Gasteiger charge is -2.03. The Labute approximate surface area is 159 Å². The SMILES string of the molecule is COc1ccc(-c2ccc(/C=N\NC(=O)Nc3ccccc3)o2)c([N+](=O)[O-])c1. The minimum atomic E-state index is -0.514. The summed E-state index contributed by atoms with van der Waals surface area (Å²) in [5.74, 6) is 0.988. The van der Waals surface area contributed by atoms with Gasteiger partial charge in [0.05, 0.1) is 29.9 Å². The number of nitro groups is 1. The van der Waals surface area contributed by atoms with E-state index in [9.17, 15) is 14.9 Å². The van der Waals surface area contributed by atoms with Gasteiger partial charge in [0.1, 0.15) is 17.3 Å². The monoisotopic (exact) mass is 380 g/mol. The third kappa shape index (κ3) is 4.52. The Morgan fingerprint density at radius 2 is 1.96 bits per heavy atom. The number of hydrogen-bond acceptors (Lipinski definition) is 6. The van der Waals surface area contributed by atoms with Crippen molar-refractivity contribution < 1.29 is 18.9 Å². The fraction of sp³-hybridized carbons (Fsp3) is 0.0526. The molecule has 0 unspecified atom stereocenters. The summed E-state index contributed by atoms with van der Waals surface area (Å²) in [5, 5.41) is 17.7. The second kappa shape index (κ2) is 8.49. The van der Waals surface area contributed by atoms with Gasteiger partial charge in [-0.2, -0.15) is 5.10 Å². The van der Waals surface area contributed by atoms with Gasteiger partial charge in [-0.3, -0.25) is 10.1 Å². The van der Waals surface area contributed by atoms with Gasteiger partial charge in [0, 0.05) is 5.69 Å². The van der Waals surface area contributed by atoms with Crippen LogP contribution in [0.15, 0.2) is 70.2 Å². The minimum Gasteiger partial charge on any atom is -0.497 e. The molecule has 28 heavy (non-hydrogen) atoms. The number of ether oxygens (including phenoxy) is 1. The van der Waals surface area contributed by atoms with E-state index in [1.807, 2.05) is 6.07 Å². The van der Waals surface area contributed by atoms with Crippen molar-refractivity contribution in [1.82, 2.24) is 5.43 Å². The molecule has 9 heteroatoms. The smallest absolute Gasteiger partial charge is 0.339 e. The van der Waals surface area contributed by atoms with Crippen molar-refractivity contribution >= 4 is 23.6 Å². The number of nitrogens with one attached hydrogen (secondary N) is 2. The van der Waals surface area contributed by atoms with Crippen molar-refractivity contribution in [3.63, 3.8) is 0 Å². The highest BCUT2D eigenvalue weighted by molar-refractivity contribution is 5.90. The van der Waals surface area contributed by atoms with Crippen molar-refractivity contribution in [2.24, 2.45) is 5.10 Å². The number of hydrazone groups is 1. The number of carbonyl (C=O) groups is 1. The predicted octanol–water partition coefficient (Wildman–Crippen LogP) is 4.02. The molecule has 0 fully saturated rings. The number of nitrogens with zero attached hydrogens (tertiary/aromatic N) is 2. The Kier molecular flexibility index (Phi) is 5.66. The number of methoxy groups -OCH3 is 1. The zero-order valence-electron chi connectivity index (χ0n) is 14.8. The zero-order chi connectivity index (χ0) is 19.9. The molecule has 0 aliphatic carbocycles. The number of rotatable bonds is 6. The van der Waals surface area contributed by atoms with E-state index in [1.54, 1.807) is 48.5 Å². The van der Waals surface area contributed by atoms with Crippen LogP contribution in [0.5, 0.6) is 5.75 Å². The minimum absolute atomic E-state index is 0.141. The van der Waals surface area contributed by atoms with Crippen molar-refractivity contribution in [2.75, 3.05) is 12.4 Å². The Bertz CT molecular complexity index is 1010. The number of nitro benzene ring substituents is 1. The molecule has 2 aromatic carbocycles. The molecule has 0 aliphatic rings. The first kappa shape index (κ1) is 18.6. The first-order valence-corrected chi connectivity index (χ1v) is 8.14. The van der Waals surface area contributed by atoms with Gasteiger partial charge in [0.2, 0.25) is 0 Å². The molecule has 0 bridgehead atoms. The van der Waals surface area contributed by atoms with E-state index in [0.29, 0.717) is 28.5 Å². The van der Waals surface area contributed by atoms with Crippen LogP contribution in [0.2, 0.25) is 0 Å². The molecule has 142 valence electrons. The molecular formula is C19H16N4O5. The van der Waals surface area contributed by atoms with Gasteiger partial charge in [-0.05, 0) is 36.4 Å². The van der Waals surface area contributed by atoms with Crippen molar-refractivity contribution in [3.8, 4) is 17.1 Å². The molecule has 0 spiro atoms. The maximum atomic E-state index is 11.8. The van der Waals surface area contributed by atoms with E-state index in [1.165, 1.54) is 19.4 Å². The van der Waals surface area contributed by atoms with Crippen LogP contribution in [0, 0.1) is 10.1 Å². The maximum absolute atomic E-state index is 11.8. The summed E-state index contributed by atoms with van der Waals surface area (Å²) in [5.41, 5.74) is 3.10. The van der Waals surface area contributed by atoms with Gasteiger partial charge < -0.3 is 14.5 Å². The van der Waals surface area contributed by atoms with E-state index < -0.39 is 11.0 Å². The highest BCUT2D eigenvalue weighted by Crippen LogP contribution is 2.33. The zero-order valence-corrected chi connectivity index (χ0v) is 14.8. The second-order valence-electron chi connectivity index (χ2n) is 5.53. The molecule has 0 atom stereocenters. The summed E-state index contributed by atoms with van der Waals surface area (Å²) in [4.78, 5) is 22.5. The summed E-state index contributed by atoms with van der Waals surface area (Å²) in [6.45, 7) is 0. The van der Waals surface area contributed by atoms with Crippen LogP contribution < -0.4 is 15.5 Å². The summed E-state index contributed by atoms with van der Waals surface area (Å²) in [6.07, 6.45) is 1.30. The van der Waals surface area contributed by atoms with Gasteiger partial charge >= 0.3 is 6.03 Å². The maximum Gasteiger partial charge on any atom is 0.339 e. The van der Waals surface area contributed by atoms with E-state index in [0.717, 1.165) is 0 Å². The van der Waals surface area contributed by atoms with Crippen LogP contribution in [-0.4, -0.2) is 24.3 Å². The lowest BCUT2D eigenvalue weighted by molar-refractivity contribution is -0.384. The topological polar surface area (TPSA) is 119 Å². The van der Waals surface area contributed by atoms with E-state index in [4.69, 9.17) is 9.15 Å². The molecule has 0 radical (unpaired) electrons. The van der Waals surface area contributed by atoms with Gasteiger partial charge in [-0.1, -0.05) is 18.2 Å². The number of carbonyl (C=O) groups excluding carboxylic acids is 1. The highest BCUT2D eigenvalue weighted by Gasteiger charge is 2.19. The average molecular weight is 380 g/mol. The molecule has 1 aromatic heterocycles. The number of hydrogen-bond donors (Lipinski definition) is 2. The van der Waals surface area contributed by atoms with Crippen LogP contribution in [0.3, 0.4) is 0 Å². The lowest BCUT2D eigenvalue weighted by Crippen LogP contribution is -2.24. The van der Waals surface area contributed by atoms with E-state index in [-0.39, 0.29) is 5.69 Å². The van der Waals surface area contributed by atoms with Crippen LogP contribution in [-0.2, 0) is 0 Å². The van der Waals surface area contributed by atoms with E-state index in [2.05, 4.69) is 15.8 Å². The van der Waals surface area contributed by atoms with Gasteiger partial charge in [-0.25, -0.2) is 10.2 Å². The summed E-state index contributed by atoms with van der Waals surface area (Å²) in [6, 6.07) is 16.0. The largest absolute Gasteiger partial charge is 0.497 e. The second-order valence-corrected chi connectivity index (χ2v) is 5.53. The summed E-state index contributed by atoms with van der Waals surface area (Å²) >= 11 is 0. The Morgan fingerprint density at radius 1 is 1.18 bits per heavy atom. The predicted molar refractivity (Wildman–Crippen MR) is 104 cm³/mol. The quantitative estimate of drug-likeness (QED) is 0.380. The molecule has 3 aromatic rings. The lowest BCUT2D eigenvalue weighted by atomic mass is 10.1. The fourth-order valence-corrected chi connectivity index (χ4v) is 2.40. The fourth-order valence-electron chi connectivity index (χ4n) is 2.40. The highest BCUT2D eigenvalue weighted by atomic mass is 16.6. The molecule has 1 heterocycles. The average Bonchev–Trinajstić information content (AvgIpc) is 3.17. The van der Waals surface area contributed by atoms with Crippen LogP contribution in [0.25, 0.3) is 11.3 Å². The number of urea groups is 1. The molecule has 0 aliphatic heterocycles. The molecule has 3 rings (SSSR count). The Hall–Kier alpha value is -4.14. The number of benzene rings is 2. The Morgan fingerprint density at radius 3 is 2.68 bits per heavy atom. The third-order valence-corrected chi connectivity index (χ3v) is 3.68. The first-order valence-electron chi connectivity index (χ1n) is 8.14. The van der Waals surface area contributed by atoms with Crippen molar-refractivity contribution in [1.29, 1.82) is 0 Å². The number of anilines is 1. The summed E-state index contributed by atoms with van der Waals surface area (Å²) in [7, 11) is 1.43. The van der Waals surface area contributed by atoms with Crippen LogP contribution in [0.1, 0.15) is 5.76 Å². The Balaban J connectivity index is 1.68. The van der Waals surface area contributed by atoms with E-state index >= 15 is 0 Å². The van der Waals surface area contributed by atoms with Gasteiger partial charge in [0.25, 0.3) is 5.69 Å². The summed E-state index contributed by atoms with van der Waals surface area (Å²) < 4.78 is 10.6. The number of amides is 2. The molecule has 0 saturated carbocycles. The van der Waals surface area contributed by atoms with Gasteiger partial charge in [0.15, 0.2) is 0 Å². The molecule has 2 amide bonds. The number of furan rings is 1. The van der Waals surface area contributed by atoms with Gasteiger partial charge in [-0.15, -0.1) is 0 Å². The van der Waals surface area contributed by atoms with Crippen molar-refractivity contribution in [2.45, 2.75) is 0 Å². The molecule has 0 saturated heterocycles. The standard InChI is InChI=1S/C19H16N4O5/c1-27-14-7-9-16(17(11-14)23(25)26)18-10-8-15(28-18)12-20-22-19(24)21-13-5-3-2-4-6-13/h2-12H,1H3,(H2,21,22,24)/b20-12-. The molecule has 9 nitrogen and oxygen atoms in total. The van der Waals surface area contributed by atoms with Crippen LogP contribution >= 0.6 is 0 Å².